The third-order valence-electron chi connectivity index (χ3n) is 4.21. The number of aliphatic hydroxyl groups is 1. The Morgan fingerprint density at radius 3 is 2.41 bits per heavy atom. The Morgan fingerprint density at radius 2 is 1.88 bits per heavy atom. The molecule has 0 aliphatic carbocycles. The van der Waals surface area contributed by atoms with E-state index < -0.39 is 0 Å². The Labute approximate surface area is 104 Å². The molecule has 0 aromatic heterocycles. The molecule has 0 amide bonds. The van der Waals surface area contributed by atoms with Gasteiger partial charge in [-0.05, 0) is 57.8 Å². The number of aliphatic hydroxyl groups excluding tert-OH is 1. The minimum atomic E-state index is -0.286. The van der Waals surface area contributed by atoms with Crippen molar-refractivity contribution in [2.75, 3.05) is 13.1 Å². The molecule has 1 aromatic rings. The summed E-state index contributed by atoms with van der Waals surface area (Å²) < 4.78 is 0. The molecule has 94 valence electrons. The summed E-state index contributed by atoms with van der Waals surface area (Å²) in [6.07, 6.45) is 1.76. The van der Waals surface area contributed by atoms with Gasteiger partial charge in [-0.2, -0.15) is 0 Å². The third kappa shape index (κ3) is 2.24. The van der Waals surface area contributed by atoms with Gasteiger partial charge in [0.25, 0.3) is 0 Å². The van der Waals surface area contributed by atoms with Crippen molar-refractivity contribution in [2.45, 2.75) is 45.1 Å². The van der Waals surface area contributed by atoms with Gasteiger partial charge in [-0.15, -0.1) is 0 Å². The van der Waals surface area contributed by atoms with Crippen molar-refractivity contribution < 1.29 is 5.11 Å². The maximum absolute atomic E-state index is 10.2. The molecule has 0 saturated carbocycles. The molecule has 1 aliphatic rings. The summed E-state index contributed by atoms with van der Waals surface area (Å²) >= 11 is 0. The molecule has 1 atom stereocenters. The molecule has 1 heterocycles. The zero-order chi connectivity index (χ0) is 12.5. The minimum Gasteiger partial charge on any atom is -0.392 e. The van der Waals surface area contributed by atoms with Gasteiger partial charge in [0.05, 0.1) is 6.10 Å². The van der Waals surface area contributed by atoms with Crippen molar-refractivity contribution >= 4 is 0 Å². The standard InChI is InChI=1S/C15H23NO/c1-11-4-5-14(12(2)10-11)15(13(3)17)6-8-16-9-7-15/h4-5,10,13,16-17H,6-9H2,1-3H3. The molecule has 0 radical (unpaired) electrons. The molecule has 1 unspecified atom stereocenters. The van der Waals surface area contributed by atoms with Crippen LogP contribution in [0.5, 0.6) is 0 Å². The van der Waals surface area contributed by atoms with Crippen LogP contribution in [0.4, 0.5) is 0 Å². The zero-order valence-corrected chi connectivity index (χ0v) is 11.1. The van der Waals surface area contributed by atoms with E-state index in [1.807, 2.05) is 6.92 Å². The molecule has 1 aromatic carbocycles. The first-order chi connectivity index (χ1) is 8.06. The highest BCUT2D eigenvalue weighted by Crippen LogP contribution is 2.38. The van der Waals surface area contributed by atoms with Crippen LogP contribution in [0.3, 0.4) is 0 Å². The van der Waals surface area contributed by atoms with Gasteiger partial charge in [-0.3, -0.25) is 0 Å². The molecule has 1 fully saturated rings. The van der Waals surface area contributed by atoms with Crippen molar-refractivity contribution in [3.63, 3.8) is 0 Å². The van der Waals surface area contributed by atoms with Gasteiger partial charge in [0, 0.05) is 5.41 Å². The normalized spacial score (nSPS) is 21.2. The summed E-state index contributed by atoms with van der Waals surface area (Å²) in [4.78, 5) is 0. The summed E-state index contributed by atoms with van der Waals surface area (Å²) in [5.74, 6) is 0. The summed E-state index contributed by atoms with van der Waals surface area (Å²) in [5.41, 5.74) is 3.89. The molecule has 2 N–H and O–H groups in total. The summed E-state index contributed by atoms with van der Waals surface area (Å²) in [7, 11) is 0. The minimum absolute atomic E-state index is 0.0525. The fraction of sp³-hybridized carbons (Fsp3) is 0.600. The van der Waals surface area contributed by atoms with Crippen LogP contribution < -0.4 is 5.32 Å². The second-order valence-corrected chi connectivity index (χ2v) is 5.40. The van der Waals surface area contributed by atoms with E-state index in [4.69, 9.17) is 0 Å². The lowest BCUT2D eigenvalue weighted by molar-refractivity contribution is 0.0728. The van der Waals surface area contributed by atoms with Gasteiger partial charge in [0.15, 0.2) is 0 Å². The highest BCUT2D eigenvalue weighted by Gasteiger charge is 2.39. The van der Waals surface area contributed by atoms with E-state index in [1.54, 1.807) is 0 Å². The van der Waals surface area contributed by atoms with Gasteiger partial charge in [-0.25, -0.2) is 0 Å². The summed E-state index contributed by atoms with van der Waals surface area (Å²) in [5, 5.41) is 13.6. The van der Waals surface area contributed by atoms with Gasteiger partial charge in [0.1, 0.15) is 0 Å². The van der Waals surface area contributed by atoms with Crippen LogP contribution >= 0.6 is 0 Å². The highest BCUT2D eigenvalue weighted by molar-refractivity contribution is 5.38. The predicted molar refractivity (Wildman–Crippen MR) is 71.4 cm³/mol. The third-order valence-corrected chi connectivity index (χ3v) is 4.21. The fourth-order valence-electron chi connectivity index (χ4n) is 3.16. The van der Waals surface area contributed by atoms with E-state index in [0.717, 1.165) is 25.9 Å². The molecular formula is C15H23NO. The molecule has 17 heavy (non-hydrogen) atoms. The Hall–Kier alpha value is -0.860. The first kappa shape index (κ1) is 12.6. The van der Waals surface area contributed by atoms with Crippen molar-refractivity contribution in [2.24, 2.45) is 0 Å². The number of hydrogen-bond acceptors (Lipinski definition) is 2. The van der Waals surface area contributed by atoms with Crippen LogP contribution in [0.15, 0.2) is 18.2 Å². The van der Waals surface area contributed by atoms with Crippen LogP contribution in [-0.4, -0.2) is 24.3 Å². The molecule has 2 heteroatoms. The Balaban J connectivity index is 2.45. The molecule has 0 bridgehead atoms. The Morgan fingerprint density at radius 1 is 1.24 bits per heavy atom. The van der Waals surface area contributed by atoms with Gasteiger partial charge in [0.2, 0.25) is 0 Å². The largest absolute Gasteiger partial charge is 0.392 e. The van der Waals surface area contributed by atoms with E-state index in [1.165, 1.54) is 16.7 Å². The van der Waals surface area contributed by atoms with E-state index >= 15 is 0 Å². The lowest BCUT2D eigenvalue weighted by Crippen LogP contribution is -2.47. The maximum Gasteiger partial charge on any atom is 0.0609 e. The number of aryl methyl sites for hydroxylation is 2. The monoisotopic (exact) mass is 233 g/mol. The van der Waals surface area contributed by atoms with Crippen LogP contribution in [0.1, 0.15) is 36.5 Å². The summed E-state index contributed by atoms with van der Waals surface area (Å²) in [6.45, 7) is 8.21. The molecule has 2 rings (SSSR count). The SMILES string of the molecule is Cc1ccc(C2(C(C)O)CCNCC2)c(C)c1. The first-order valence-corrected chi connectivity index (χ1v) is 6.53. The highest BCUT2D eigenvalue weighted by atomic mass is 16.3. The number of piperidine rings is 1. The van der Waals surface area contributed by atoms with Crippen LogP contribution in [0.25, 0.3) is 0 Å². The zero-order valence-electron chi connectivity index (χ0n) is 11.1. The number of benzene rings is 1. The molecular weight excluding hydrogens is 210 g/mol. The van der Waals surface area contributed by atoms with Gasteiger partial charge >= 0.3 is 0 Å². The molecule has 1 saturated heterocycles. The first-order valence-electron chi connectivity index (χ1n) is 6.53. The van der Waals surface area contributed by atoms with Gasteiger partial charge < -0.3 is 10.4 Å². The van der Waals surface area contributed by atoms with Gasteiger partial charge in [-0.1, -0.05) is 23.8 Å². The van der Waals surface area contributed by atoms with Crippen LogP contribution in [0.2, 0.25) is 0 Å². The quantitative estimate of drug-likeness (QED) is 0.821. The lowest BCUT2D eigenvalue weighted by Gasteiger charge is -2.41. The smallest absolute Gasteiger partial charge is 0.0609 e. The number of nitrogens with one attached hydrogen (secondary N) is 1. The molecule has 1 aliphatic heterocycles. The molecule has 2 nitrogen and oxygen atoms in total. The molecule has 0 spiro atoms. The second kappa shape index (κ2) is 4.79. The van der Waals surface area contributed by atoms with E-state index in [2.05, 4.69) is 37.4 Å². The lowest BCUT2D eigenvalue weighted by atomic mass is 9.68. The van der Waals surface area contributed by atoms with Crippen LogP contribution in [-0.2, 0) is 5.41 Å². The van der Waals surface area contributed by atoms with Crippen molar-refractivity contribution in [1.29, 1.82) is 0 Å². The van der Waals surface area contributed by atoms with Crippen molar-refractivity contribution in [3.05, 3.63) is 34.9 Å². The number of rotatable bonds is 2. The fourth-order valence-corrected chi connectivity index (χ4v) is 3.16. The Bertz CT molecular complexity index is 392. The average molecular weight is 233 g/mol. The predicted octanol–water partition coefficient (Wildman–Crippen LogP) is 2.31. The average Bonchev–Trinajstić information content (AvgIpc) is 2.29. The number of hydrogen-bond donors (Lipinski definition) is 2. The van der Waals surface area contributed by atoms with Crippen molar-refractivity contribution in [3.8, 4) is 0 Å². The summed E-state index contributed by atoms with van der Waals surface area (Å²) in [6, 6.07) is 6.60. The van der Waals surface area contributed by atoms with E-state index in [9.17, 15) is 5.11 Å². The van der Waals surface area contributed by atoms with E-state index in [-0.39, 0.29) is 11.5 Å². The maximum atomic E-state index is 10.2. The Kier molecular flexibility index (Phi) is 3.55. The second-order valence-electron chi connectivity index (χ2n) is 5.40. The van der Waals surface area contributed by atoms with Crippen LogP contribution in [0, 0.1) is 13.8 Å². The van der Waals surface area contributed by atoms with Crippen molar-refractivity contribution in [1.82, 2.24) is 5.32 Å². The topological polar surface area (TPSA) is 32.3 Å². The van der Waals surface area contributed by atoms with E-state index in [0.29, 0.717) is 0 Å².